The van der Waals surface area contributed by atoms with Gasteiger partial charge < -0.3 is 28.6 Å². The van der Waals surface area contributed by atoms with Gasteiger partial charge in [-0.3, -0.25) is 4.79 Å². The van der Waals surface area contributed by atoms with Crippen molar-refractivity contribution >= 4 is 11.5 Å². The topological polar surface area (TPSA) is 66.5 Å². The SMILES string of the molecule is COc1cc(C2C=C3c4cc5c(cc4CCN3C3=C2C(=O)CC(C)(C)C3)OCCCO5)cc2c1OCCO2. The third-order valence-corrected chi connectivity index (χ3v) is 8.21. The van der Waals surface area contributed by atoms with Gasteiger partial charge in [-0.15, -0.1) is 0 Å². The summed E-state index contributed by atoms with van der Waals surface area (Å²) >= 11 is 0. The summed E-state index contributed by atoms with van der Waals surface area (Å²) in [4.78, 5) is 16.2. The zero-order valence-corrected chi connectivity index (χ0v) is 22.2. The van der Waals surface area contributed by atoms with Crippen LogP contribution in [0.25, 0.3) is 5.70 Å². The highest BCUT2D eigenvalue weighted by atomic mass is 16.6. The number of ether oxygens (including phenoxy) is 5. The molecule has 2 aromatic carbocycles. The number of Topliss-reactive ketones (excluding diaryl/α,β-unsaturated/α-hetero) is 1. The molecule has 2 aromatic rings. The lowest BCUT2D eigenvalue weighted by Gasteiger charge is -2.46. The number of hydrogen-bond acceptors (Lipinski definition) is 7. The minimum atomic E-state index is -0.216. The number of hydrogen-bond donors (Lipinski definition) is 0. The summed E-state index contributed by atoms with van der Waals surface area (Å²) in [5.74, 6) is 3.54. The molecule has 0 saturated heterocycles. The molecule has 0 fully saturated rings. The van der Waals surface area contributed by atoms with Crippen LogP contribution in [0.4, 0.5) is 0 Å². The molecular weight excluding hydrogens is 482 g/mol. The van der Waals surface area contributed by atoms with Crippen LogP contribution < -0.4 is 23.7 Å². The number of benzene rings is 2. The highest BCUT2D eigenvalue weighted by Gasteiger charge is 2.43. The van der Waals surface area contributed by atoms with E-state index < -0.39 is 0 Å². The number of methoxy groups -OCH3 is 1. The molecule has 0 bridgehead atoms. The van der Waals surface area contributed by atoms with Gasteiger partial charge in [0.1, 0.15) is 13.2 Å². The molecule has 7 nitrogen and oxygen atoms in total. The average Bonchev–Trinajstić information content (AvgIpc) is 3.14. The summed E-state index contributed by atoms with van der Waals surface area (Å²) in [6.07, 6.45) is 5.40. The molecule has 4 heterocycles. The van der Waals surface area contributed by atoms with Crippen LogP contribution in [-0.4, -0.2) is 50.8 Å². The fraction of sp³-hybridized carbons (Fsp3) is 0.452. The number of rotatable bonds is 2. The van der Waals surface area contributed by atoms with Crippen LogP contribution in [0.3, 0.4) is 0 Å². The first kappa shape index (κ1) is 23.5. The third kappa shape index (κ3) is 3.74. The summed E-state index contributed by atoms with van der Waals surface area (Å²) in [6.45, 7) is 7.50. The van der Waals surface area contributed by atoms with Crippen molar-refractivity contribution in [2.45, 2.75) is 45.4 Å². The van der Waals surface area contributed by atoms with Gasteiger partial charge in [0.25, 0.3) is 0 Å². The van der Waals surface area contributed by atoms with Gasteiger partial charge in [-0.1, -0.05) is 13.8 Å². The van der Waals surface area contributed by atoms with Gasteiger partial charge >= 0.3 is 0 Å². The Bertz CT molecular complexity index is 1390. The van der Waals surface area contributed by atoms with Crippen LogP contribution in [0, 0.1) is 5.41 Å². The Labute approximate surface area is 223 Å². The predicted molar refractivity (Wildman–Crippen MR) is 142 cm³/mol. The van der Waals surface area contributed by atoms with Gasteiger partial charge in [0, 0.05) is 47.8 Å². The van der Waals surface area contributed by atoms with Crippen molar-refractivity contribution in [2.75, 3.05) is 40.1 Å². The van der Waals surface area contributed by atoms with E-state index in [0.29, 0.717) is 50.1 Å². The molecule has 1 atom stereocenters. The molecular formula is C31H33NO6. The monoisotopic (exact) mass is 515 g/mol. The van der Waals surface area contributed by atoms with E-state index in [1.165, 1.54) is 5.56 Å². The average molecular weight is 516 g/mol. The molecule has 7 heteroatoms. The fourth-order valence-electron chi connectivity index (χ4n) is 6.53. The maximum atomic E-state index is 13.8. The lowest BCUT2D eigenvalue weighted by molar-refractivity contribution is -0.118. The minimum absolute atomic E-state index is 0.0988. The Balaban J connectivity index is 1.41. The van der Waals surface area contributed by atoms with E-state index in [1.54, 1.807) is 7.11 Å². The van der Waals surface area contributed by atoms with Crippen molar-refractivity contribution in [1.29, 1.82) is 0 Å². The molecule has 198 valence electrons. The molecule has 0 amide bonds. The number of carbonyl (C=O) groups is 1. The van der Waals surface area contributed by atoms with E-state index in [-0.39, 0.29) is 17.1 Å². The largest absolute Gasteiger partial charge is 0.493 e. The molecule has 1 aliphatic carbocycles. The van der Waals surface area contributed by atoms with E-state index in [2.05, 4.69) is 37.0 Å². The smallest absolute Gasteiger partial charge is 0.203 e. The van der Waals surface area contributed by atoms with Crippen molar-refractivity contribution in [1.82, 2.24) is 4.90 Å². The maximum Gasteiger partial charge on any atom is 0.203 e. The first-order valence-corrected chi connectivity index (χ1v) is 13.6. The standard InChI is InChI=1S/C31H33NO6/c1-31(2)16-23-29(24(33)17-31)21(19-12-27(34-3)30-28(13-19)37-9-10-38-30)14-22-20-15-26-25(35-7-4-8-36-26)11-18(20)5-6-32(22)23/h11-15,21H,4-10,16-17H2,1-3H3. The summed E-state index contributed by atoms with van der Waals surface area (Å²) < 4.78 is 29.6. The predicted octanol–water partition coefficient (Wildman–Crippen LogP) is 5.27. The highest BCUT2D eigenvalue weighted by molar-refractivity contribution is 6.01. The van der Waals surface area contributed by atoms with E-state index >= 15 is 0 Å². The molecule has 0 aromatic heterocycles. The molecule has 0 N–H and O–H groups in total. The lowest BCUT2D eigenvalue weighted by atomic mass is 9.69. The molecule has 1 unspecified atom stereocenters. The van der Waals surface area contributed by atoms with Gasteiger partial charge in [0.2, 0.25) is 5.75 Å². The van der Waals surface area contributed by atoms with Crippen molar-refractivity contribution in [3.05, 3.63) is 58.3 Å². The second kappa shape index (κ2) is 8.72. The number of nitrogens with zero attached hydrogens (tertiary/aromatic N) is 1. The van der Waals surface area contributed by atoms with Crippen LogP contribution in [0.2, 0.25) is 0 Å². The van der Waals surface area contributed by atoms with Crippen LogP contribution in [0.5, 0.6) is 28.7 Å². The lowest BCUT2D eigenvalue weighted by Crippen LogP contribution is -2.40. The fourth-order valence-corrected chi connectivity index (χ4v) is 6.53. The second-order valence-corrected chi connectivity index (χ2v) is 11.5. The first-order valence-electron chi connectivity index (χ1n) is 13.6. The van der Waals surface area contributed by atoms with Gasteiger partial charge in [0.05, 0.1) is 20.3 Å². The van der Waals surface area contributed by atoms with E-state index in [9.17, 15) is 4.79 Å². The summed E-state index contributed by atoms with van der Waals surface area (Å²) in [7, 11) is 1.64. The number of carbonyl (C=O) groups excluding carboxylic acids is 1. The molecule has 4 aliphatic heterocycles. The van der Waals surface area contributed by atoms with Crippen molar-refractivity contribution in [3.63, 3.8) is 0 Å². The van der Waals surface area contributed by atoms with Crippen LogP contribution in [0.1, 0.15) is 55.7 Å². The van der Waals surface area contributed by atoms with Crippen LogP contribution in [-0.2, 0) is 11.2 Å². The van der Waals surface area contributed by atoms with Gasteiger partial charge in [-0.2, -0.15) is 0 Å². The van der Waals surface area contributed by atoms with Gasteiger partial charge in [-0.25, -0.2) is 0 Å². The summed E-state index contributed by atoms with van der Waals surface area (Å²) in [5.41, 5.74) is 6.44. The number of ketones is 1. The van der Waals surface area contributed by atoms with Gasteiger partial charge in [0.15, 0.2) is 28.8 Å². The molecule has 0 spiro atoms. The van der Waals surface area contributed by atoms with Gasteiger partial charge in [-0.05, 0) is 59.7 Å². The Morgan fingerprint density at radius 1 is 0.921 bits per heavy atom. The third-order valence-electron chi connectivity index (χ3n) is 8.21. The molecule has 7 rings (SSSR count). The van der Waals surface area contributed by atoms with Crippen molar-refractivity contribution < 1.29 is 28.5 Å². The van der Waals surface area contributed by atoms with Crippen LogP contribution in [0.15, 0.2) is 41.6 Å². The summed E-state index contributed by atoms with van der Waals surface area (Å²) in [5, 5.41) is 0. The Morgan fingerprint density at radius 3 is 2.50 bits per heavy atom. The Hall–Kier alpha value is -3.61. The summed E-state index contributed by atoms with van der Waals surface area (Å²) in [6, 6.07) is 8.30. The van der Waals surface area contributed by atoms with E-state index in [4.69, 9.17) is 23.7 Å². The quantitative estimate of drug-likeness (QED) is 0.540. The minimum Gasteiger partial charge on any atom is -0.493 e. The molecule has 0 saturated carbocycles. The number of fused-ring (bicyclic) bond motifs is 6. The molecule has 0 radical (unpaired) electrons. The normalized spacial score (nSPS) is 23.0. The molecule has 5 aliphatic rings. The molecule has 38 heavy (non-hydrogen) atoms. The Kier molecular flexibility index (Phi) is 5.39. The first-order chi connectivity index (χ1) is 18.4. The van der Waals surface area contributed by atoms with Crippen molar-refractivity contribution in [3.8, 4) is 28.7 Å². The van der Waals surface area contributed by atoms with Crippen molar-refractivity contribution in [2.24, 2.45) is 5.41 Å². The van der Waals surface area contributed by atoms with Crippen LogP contribution >= 0.6 is 0 Å². The van der Waals surface area contributed by atoms with E-state index in [1.807, 2.05) is 12.1 Å². The zero-order chi connectivity index (χ0) is 26.0. The van der Waals surface area contributed by atoms with E-state index in [0.717, 1.165) is 65.4 Å². The second-order valence-electron chi connectivity index (χ2n) is 11.5. The zero-order valence-electron chi connectivity index (χ0n) is 22.2. The maximum absolute atomic E-state index is 13.8. The number of allylic oxidation sites excluding steroid dienone is 3. The Morgan fingerprint density at radius 2 is 1.68 bits per heavy atom. The highest BCUT2D eigenvalue weighted by Crippen LogP contribution is 2.53.